The third kappa shape index (κ3) is 3.59. The van der Waals surface area contributed by atoms with Crippen molar-refractivity contribution in [2.45, 2.75) is 43.9 Å². The smallest absolute Gasteiger partial charge is 0.183 e. The molecular formula is C18H21ClN2O2S. The first-order chi connectivity index (χ1) is 11.7. The lowest BCUT2D eigenvalue weighted by Crippen LogP contribution is -2.34. The molecule has 1 aromatic carbocycles. The van der Waals surface area contributed by atoms with E-state index in [1.807, 2.05) is 6.20 Å². The molecule has 1 aliphatic heterocycles. The van der Waals surface area contributed by atoms with E-state index in [0.29, 0.717) is 10.4 Å². The second-order valence-corrected chi connectivity index (χ2v) is 8.13. The number of nitrogens with zero attached hydrogens (tertiary/aromatic N) is 1. The Kier molecular flexibility index (Phi) is 4.77. The summed E-state index contributed by atoms with van der Waals surface area (Å²) < 4.78 is 12.2. The number of aromatic nitrogens is 1. The van der Waals surface area contributed by atoms with Gasteiger partial charge in [-0.1, -0.05) is 23.7 Å². The quantitative estimate of drug-likeness (QED) is 0.845. The summed E-state index contributed by atoms with van der Waals surface area (Å²) in [6, 6.07) is 8.79. The summed E-state index contributed by atoms with van der Waals surface area (Å²) >= 11 is 7.37. The molecule has 2 heterocycles. The Balaban J connectivity index is 1.32. The van der Waals surface area contributed by atoms with E-state index >= 15 is 0 Å². The normalized spacial score (nSPS) is 20.5. The molecule has 1 aliphatic carbocycles. The molecule has 0 atom stereocenters. The van der Waals surface area contributed by atoms with Crippen LogP contribution in [0.3, 0.4) is 0 Å². The second-order valence-electron chi connectivity index (χ2n) is 6.44. The number of halogens is 1. The molecule has 24 heavy (non-hydrogen) atoms. The van der Waals surface area contributed by atoms with Gasteiger partial charge in [0, 0.05) is 29.6 Å². The monoisotopic (exact) mass is 364 g/mol. The van der Waals surface area contributed by atoms with Gasteiger partial charge in [-0.3, -0.25) is 0 Å². The van der Waals surface area contributed by atoms with E-state index in [9.17, 15) is 0 Å². The zero-order chi connectivity index (χ0) is 16.4. The van der Waals surface area contributed by atoms with Crippen LogP contribution in [0.2, 0.25) is 4.47 Å². The van der Waals surface area contributed by atoms with Crippen molar-refractivity contribution in [1.29, 1.82) is 0 Å². The highest BCUT2D eigenvalue weighted by molar-refractivity contribution is 7.15. The van der Waals surface area contributed by atoms with Gasteiger partial charge in [0.1, 0.15) is 0 Å². The van der Waals surface area contributed by atoms with E-state index in [-0.39, 0.29) is 5.79 Å². The molecule has 6 heteroatoms. The summed E-state index contributed by atoms with van der Waals surface area (Å²) in [6.45, 7) is 2.25. The number of anilines is 1. The summed E-state index contributed by atoms with van der Waals surface area (Å²) in [5, 5.41) is 3.42. The van der Waals surface area contributed by atoms with Crippen LogP contribution in [0.25, 0.3) is 0 Å². The number of rotatable bonds is 4. The van der Waals surface area contributed by atoms with Crippen molar-refractivity contribution in [2.75, 3.05) is 18.5 Å². The fraction of sp³-hybridized carbons (Fsp3) is 0.500. The van der Waals surface area contributed by atoms with Gasteiger partial charge in [-0.05, 0) is 36.5 Å². The SMILES string of the molecule is Clc1ncc(CNc2ccc(C3CCC4(CC3)OCCO4)cc2)s1. The molecule has 128 valence electrons. The van der Waals surface area contributed by atoms with E-state index in [4.69, 9.17) is 21.1 Å². The van der Waals surface area contributed by atoms with Gasteiger partial charge in [-0.15, -0.1) is 11.3 Å². The van der Waals surface area contributed by atoms with Crippen LogP contribution in [0.15, 0.2) is 30.5 Å². The van der Waals surface area contributed by atoms with Crippen molar-refractivity contribution < 1.29 is 9.47 Å². The number of thiazole rings is 1. The van der Waals surface area contributed by atoms with Crippen molar-refractivity contribution in [2.24, 2.45) is 0 Å². The minimum Gasteiger partial charge on any atom is -0.380 e. The maximum atomic E-state index is 5.86. The number of hydrogen-bond donors (Lipinski definition) is 1. The first-order valence-electron chi connectivity index (χ1n) is 8.44. The van der Waals surface area contributed by atoms with Gasteiger partial charge >= 0.3 is 0 Å². The Morgan fingerprint density at radius 3 is 2.50 bits per heavy atom. The van der Waals surface area contributed by atoms with Crippen LogP contribution < -0.4 is 5.32 Å². The molecule has 4 rings (SSSR count). The Labute approximate surface area is 151 Å². The lowest BCUT2D eigenvalue weighted by molar-refractivity contribution is -0.178. The van der Waals surface area contributed by atoms with Gasteiger partial charge in [0.15, 0.2) is 10.3 Å². The standard InChI is InChI=1S/C18H21ClN2O2S/c19-17-21-12-16(24-17)11-20-15-3-1-13(2-4-15)14-5-7-18(8-6-14)22-9-10-23-18/h1-4,12,14,20H,5-11H2. The molecule has 2 aliphatic rings. The van der Waals surface area contributed by atoms with E-state index in [2.05, 4.69) is 34.6 Å². The molecule has 0 amide bonds. The van der Waals surface area contributed by atoms with Gasteiger partial charge in [-0.2, -0.15) is 0 Å². The lowest BCUT2D eigenvalue weighted by Gasteiger charge is -2.35. The number of benzene rings is 1. The largest absolute Gasteiger partial charge is 0.380 e. The minimum absolute atomic E-state index is 0.270. The van der Waals surface area contributed by atoms with E-state index in [1.54, 1.807) is 0 Å². The van der Waals surface area contributed by atoms with E-state index in [0.717, 1.165) is 56.0 Å². The summed E-state index contributed by atoms with van der Waals surface area (Å²) in [5.41, 5.74) is 2.53. The Hall–Kier alpha value is -1.14. The first kappa shape index (κ1) is 16.3. The van der Waals surface area contributed by atoms with Crippen LogP contribution in [0, 0.1) is 0 Å². The highest BCUT2D eigenvalue weighted by Gasteiger charge is 2.40. The molecule has 1 N–H and O–H groups in total. The number of ether oxygens (including phenoxy) is 2. The van der Waals surface area contributed by atoms with Crippen LogP contribution in [0.5, 0.6) is 0 Å². The number of nitrogens with one attached hydrogen (secondary N) is 1. The molecule has 2 fully saturated rings. The molecule has 4 nitrogen and oxygen atoms in total. The summed E-state index contributed by atoms with van der Waals surface area (Å²) in [7, 11) is 0. The molecule has 0 radical (unpaired) electrons. The molecule has 1 saturated carbocycles. The highest BCUT2D eigenvalue weighted by Crippen LogP contribution is 2.42. The van der Waals surface area contributed by atoms with E-state index in [1.165, 1.54) is 16.9 Å². The van der Waals surface area contributed by atoms with Crippen molar-refractivity contribution in [3.05, 3.63) is 45.4 Å². The van der Waals surface area contributed by atoms with Crippen molar-refractivity contribution in [1.82, 2.24) is 4.98 Å². The van der Waals surface area contributed by atoms with Crippen LogP contribution >= 0.6 is 22.9 Å². The molecule has 1 spiro atoms. The van der Waals surface area contributed by atoms with Gasteiger partial charge in [0.2, 0.25) is 0 Å². The molecular weight excluding hydrogens is 344 g/mol. The second kappa shape index (κ2) is 7.00. The average Bonchev–Trinajstić information content (AvgIpc) is 3.24. The summed E-state index contributed by atoms with van der Waals surface area (Å²) in [5.74, 6) is 0.339. The maximum Gasteiger partial charge on any atom is 0.183 e. The molecule has 1 saturated heterocycles. The fourth-order valence-corrected chi connectivity index (χ4v) is 4.52. The predicted octanol–water partition coefficient (Wildman–Crippen LogP) is 4.81. The van der Waals surface area contributed by atoms with Crippen molar-refractivity contribution >= 4 is 28.6 Å². The maximum absolute atomic E-state index is 5.86. The zero-order valence-corrected chi connectivity index (χ0v) is 15.0. The Morgan fingerprint density at radius 2 is 1.88 bits per heavy atom. The molecule has 1 aromatic heterocycles. The van der Waals surface area contributed by atoms with Gasteiger partial charge in [-0.25, -0.2) is 4.98 Å². The fourth-order valence-electron chi connectivity index (χ4n) is 3.60. The third-order valence-corrected chi connectivity index (χ3v) is 6.05. The van der Waals surface area contributed by atoms with Crippen molar-refractivity contribution in [3.63, 3.8) is 0 Å². The van der Waals surface area contributed by atoms with Gasteiger partial charge < -0.3 is 14.8 Å². The van der Waals surface area contributed by atoms with Crippen LogP contribution in [0.1, 0.15) is 42.0 Å². The van der Waals surface area contributed by atoms with Gasteiger partial charge in [0.05, 0.1) is 19.8 Å². The first-order valence-corrected chi connectivity index (χ1v) is 9.64. The highest BCUT2D eigenvalue weighted by atomic mass is 35.5. The lowest BCUT2D eigenvalue weighted by atomic mass is 9.81. The molecule has 0 bridgehead atoms. The van der Waals surface area contributed by atoms with Gasteiger partial charge in [0.25, 0.3) is 0 Å². The van der Waals surface area contributed by atoms with E-state index < -0.39 is 0 Å². The average molecular weight is 365 g/mol. The third-order valence-electron chi connectivity index (χ3n) is 4.94. The van der Waals surface area contributed by atoms with Crippen LogP contribution in [0.4, 0.5) is 5.69 Å². The minimum atomic E-state index is -0.270. The topological polar surface area (TPSA) is 43.4 Å². The Bertz CT molecular complexity index is 673. The summed E-state index contributed by atoms with van der Waals surface area (Å²) in [6.07, 6.45) is 6.09. The van der Waals surface area contributed by atoms with Crippen LogP contribution in [-0.2, 0) is 16.0 Å². The Morgan fingerprint density at radius 1 is 1.17 bits per heavy atom. The number of hydrogen-bond acceptors (Lipinski definition) is 5. The zero-order valence-electron chi connectivity index (χ0n) is 13.5. The summed E-state index contributed by atoms with van der Waals surface area (Å²) in [4.78, 5) is 5.20. The van der Waals surface area contributed by atoms with Crippen molar-refractivity contribution in [3.8, 4) is 0 Å². The molecule has 0 unspecified atom stereocenters. The van der Waals surface area contributed by atoms with Crippen LogP contribution in [-0.4, -0.2) is 24.0 Å². The molecule has 2 aromatic rings. The predicted molar refractivity (Wildman–Crippen MR) is 96.7 cm³/mol.